The van der Waals surface area contributed by atoms with Gasteiger partial charge in [-0.05, 0) is 25.3 Å². The number of hydrogen-bond donors (Lipinski definition) is 0. The standard InChI is InChI=1S/C17H25N5O3S/c23-16(22(14-2-3-14)15-4-11-26(24,25)13-15)12-20-7-9-21(10-8-20)17-18-5-1-6-19-17/h1,5-6,14-15H,2-4,7-13H2. The van der Waals surface area contributed by atoms with Crippen molar-refractivity contribution < 1.29 is 13.2 Å². The van der Waals surface area contributed by atoms with E-state index in [9.17, 15) is 13.2 Å². The van der Waals surface area contributed by atoms with Gasteiger partial charge in [0.1, 0.15) is 0 Å². The minimum atomic E-state index is -2.98. The first-order chi connectivity index (χ1) is 12.5. The fraction of sp³-hybridized carbons (Fsp3) is 0.706. The number of amides is 1. The van der Waals surface area contributed by atoms with Gasteiger partial charge in [0.15, 0.2) is 9.84 Å². The topological polar surface area (TPSA) is 86.7 Å². The monoisotopic (exact) mass is 379 g/mol. The van der Waals surface area contributed by atoms with Crippen LogP contribution in [-0.2, 0) is 14.6 Å². The van der Waals surface area contributed by atoms with Crippen molar-refractivity contribution in [1.82, 2.24) is 19.8 Å². The van der Waals surface area contributed by atoms with E-state index in [0.29, 0.717) is 13.0 Å². The summed E-state index contributed by atoms with van der Waals surface area (Å²) in [5.74, 6) is 1.16. The predicted molar refractivity (Wildman–Crippen MR) is 97.6 cm³/mol. The summed E-state index contributed by atoms with van der Waals surface area (Å²) < 4.78 is 23.6. The maximum atomic E-state index is 12.9. The van der Waals surface area contributed by atoms with Gasteiger partial charge in [0.05, 0.1) is 18.1 Å². The van der Waals surface area contributed by atoms with Crippen molar-refractivity contribution in [1.29, 1.82) is 0 Å². The Hall–Kier alpha value is -1.74. The van der Waals surface area contributed by atoms with Crippen LogP contribution < -0.4 is 4.90 Å². The van der Waals surface area contributed by atoms with Crippen LogP contribution in [0.25, 0.3) is 0 Å². The van der Waals surface area contributed by atoms with Gasteiger partial charge in [-0.2, -0.15) is 0 Å². The lowest BCUT2D eigenvalue weighted by Crippen LogP contribution is -2.52. The molecule has 142 valence electrons. The molecular formula is C17H25N5O3S. The highest BCUT2D eigenvalue weighted by atomic mass is 32.2. The van der Waals surface area contributed by atoms with Gasteiger partial charge in [0.2, 0.25) is 11.9 Å². The maximum absolute atomic E-state index is 12.9. The van der Waals surface area contributed by atoms with Crippen LogP contribution in [0.2, 0.25) is 0 Å². The Balaban J connectivity index is 1.33. The Kier molecular flexibility index (Phi) is 4.83. The van der Waals surface area contributed by atoms with Gasteiger partial charge in [-0.1, -0.05) is 0 Å². The summed E-state index contributed by atoms with van der Waals surface area (Å²) in [7, 11) is -2.98. The minimum Gasteiger partial charge on any atom is -0.338 e. The molecule has 1 atom stereocenters. The normalized spacial score (nSPS) is 26.0. The van der Waals surface area contributed by atoms with Gasteiger partial charge in [0.25, 0.3) is 0 Å². The van der Waals surface area contributed by atoms with Crippen molar-refractivity contribution in [3.63, 3.8) is 0 Å². The molecule has 3 aliphatic rings. The van der Waals surface area contributed by atoms with Crippen LogP contribution in [0.4, 0.5) is 5.95 Å². The lowest BCUT2D eigenvalue weighted by molar-refractivity contribution is -0.135. The first kappa shape index (κ1) is 17.7. The van der Waals surface area contributed by atoms with Crippen molar-refractivity contribution in [3.05, 3.63) is 18.5 Å². The molecule has 1 amide bonds. The van der Waals surface area contributed by atoms with Gasteiger partial charge in [-0.15, -0.1) is 0 Å². The molecule has 0 aromatic carbocycles. The number of sulfone groups is 1. The highest BCUT2D eigenvalue weighted by molar-refractivity contribution is 7.91. The molecule has 1 saturated carbocycles. The van der Waals surface area contributed by atoms with Crippen LogP contribution in [0, 0.1) is 0 Å². The highest BCUT2D eigenvalue weighted by Crippen LogP contribution is 2.32. The molecule has 1 aliphatic carbocycles. The van der Waals surface area contributed by atoms with Gasteiger partial charge >= 0.3 is 0 Å². The fourth-order valence-corrected chi connectivity index (χ4v) is 5.60. The second-order valence-electron chi connectivity index (χ2n) is 7.40. The fourth-order valence-electron chi connectivity index (χ4n) is 3.89. The molecule has 4 rings (SSSR count). The van der Waals surface area contributed by atoms with Crippen LogP contribution in [0.15, 0.2) is 18.5 Å². The SMILES string of the molecule is O=C(CN1CCN(c2ncccn2)CC1)N(C1CC1)C1CCS(=O)(=O)C1. The third-order valence-electron chi connectivity index (χ3n) is 5.40. The zero-order valence-corrected chi connectivity index (χ0v) is 15.6. The van der Waals surface area contributed by atoms with Crippen LogP contribution in [0.5, 0.6) is 0 Å². The van der Waals surface area contributed by atoms with E-state index < -0.39 is 9.84 Å². The van der Waals surface area contributed by atoms with Crippen molar-refractivity contribution in [2.75, 3.05) is 49.1 Å². The van der Waals surface area contributed by atoms with E-state index in [-0.39, 0.29) is 29.5 Å². The number of piperazine rings is 1. The van der Waals surface area contributed by atoms with E-state index in [4.69, 9.17) is 0 Å². The quantitative estimate of drug-likeness (QED) is 0.699. The molecule has 1 aromatic rings. The zero-order chi connectivity index (χ0) is 18.1. The van der Waals surface area contributed by atoms with Crippen molar-refractivity contribution in [2.24, 2.45) is 0 Å². The van der Waals surface area contributed by atoms with E-state index in [1.165, 1.54) is 0 Å². The minimum absolute atomic E-state index is 0.0824. The number of carbonyl (C=O) groups is 1. The Bertz CT molecular complexity index is 745. The molecule has 9 heteroatoms. The molecule has 2 aliphatic heterocycles. The molecule has 1 unspecified atom stereocenters. The summed E-state index contributed by atoms with van der Waals surface area (Å²) >= 11 is 0. The van der Waals surface area contributed by atoms with Crippen LogP contribution in [-0.4, -0.2) is 90.4 Å². The highest BCUT2D eigenvalue weighted by Gasteiger charge is 2.42. The third-order valence-corrected chi connectivity index (χ3v) is 7.15. The number of hydrogen-bond acceptors (Lipinski definition) is 7. The van der Waals surface area contributed by atoms with Gasteiger partial charge in [0, 0.05) is 50.7 Å². The number of anilines is 1. The predicted octanol–water partition coefficient (Wildman–Crippen LogP) is -0.223. The molecule has 3 fully saturated rings. The van der Waals surface area contributed by atoms with Crippen LogP contribution >= 0.6 is 0 Å². The van der Waals surface area contributed by atoms with E-state index >= 15 is 0 Å². The van der Waals surface area contributed by atoms with Gasteiger partial charge in [-0.3, -0.25) is 9.69 Å². The average molecular weight is 379 g/mol. The smallest absolute Gasteiger partial charge is 0.237 e. The molecule has 3 heterocycles. The second-order valence-corrected chi connectivity index (χ2v) is 9.63. The van der Waals surface area contributed by atoms with E-state index in [0.717, 1.165) is 45.0 Å². The molecule has 0 spiro atoms. The molecule has 0 radical (unpaired) electrons. The second kappa shape index (κ2) is 7.11. The van der Waals surface area contributed by atoms with Crippen molar-refractivity contribution >= 4 is 21.7 Å². The number of aromatic nitrogens is 2. The summed E-state index contributed by atoms with van der Waals surface area (Å²) in [5.41, 5.74) is 0. The lowest BCUT2D eigenvalue weighted by Gasteiger charge is -2.36. The first-order valence-electron chi connectivity index (χ1n) is 9.28. The molecule has 1 aromatic heterocycles. The Morgan fingerprint density at radius 3 is 2.35 bits per heavy atom. The number of carbonyl (C=O) groups excluding carboxylic acids is 1. The number of nitrogens with zero attached hydrogens (tertiary/aromatic N) is 5. The first-order valence-corrected chi connectivity index (χ1v) is 11.1. The van der Waals surface area contributed by atoms with E-state index in [1.807, 2.05) is 4.90 Å². The Morgan fingerprint density at radius 1 is 1.08 bits per heavy atom. The largest absolute Gasteiger partial charge is 0.338 e. The van der Waals surface area contributed by atoms with E-state index in [1.54, 1.807) is 18.5 Å². The average Bonchev–Trinajstić information content (AvgIpc) is 3.39. The molecule has 8 nitrogen and oxygen atoms in total. The summed E-state index contributed by atoms with van der Waals surface area (Å²) in [6.07, 6.45) is 6.06. The van der Waals surface area contributed by atoms with Gasteiger partial charge < -0.3 is 9.80 Å². The summed E-state index contributed by atoms with van der Waals surface area (Å²) in [6, 6.07) is 1.92. The third kappa shape index (κ3) is 3.98. The Labute approximate surface area is 154 Å². The number of rotatable bonds is 5. The molecular weight excluding hydrogens is 354 g/mol. The van der Waals surface area contributed by atoms with Crippen LogP contribution in [0.3, 0.4) is 0 Å². The maximum Gasteiger partial charge on any atom is 0.237 e. The van der Waals surface area contributed by atoms with Gasteiger partial charge in [-0.25, -0.2) is 18.4 Å². The lowest BCUT2D eigenvalue weighted by atomic mass is 10.2. The Morgan fingerprint density at radius 2 is 1.77 bits per heavy atom. The summed E-state index contributed by atoms with van der Waals surface area (Å²) in [6.45, 7) is 3.52. The van der Waals surface area contributed by atoms with Crippen molar-refractivity contribution in [3.8, 4) is 0 Å². The summed E-state index contributed by atoms with van der Waals surface area (Å²) in [5, 5.41) is 0. The molecule has 26 heavy (non-hydrogen) atoms. The molecule has 2 saturated heterocycles. The zero-order valence-electron chi connectivity index (χ0n) is 14.8. The van der Waals surface area contributed by atoms with Crippen molar-refractivity contribution in [2.45, 2.75) is 31.3 Å². The van der Waals surface area contributed by atoms with E-state index in [2.05, 4.69) is 19.8 Å². The molecule has 0 bridgehead atoms. The molecule has 0 N–H and O–H groups in total. The summed E-state index contributed by atoms with van der Waals surface area (Å²) in [4.78, 5) is 27.6. The van der Waals surface area contributed by atoms with Crippen LogP contribution in [0.1, 0.15) is 19.3 Å².